The lowest BCUT2D eigenvalue weighted by Crippen LogP contribution is -2.25. The Balaban J connectivity index is 1.11. The predicted molar refractivity (Wildman–Crippen MR) is 166 cm³/mol. The zero-order valence-corrected chi connectivity index (χ0v) is 24.9. The van der Waals surface area contributed by atoms with E-state index in [4.69, 9.17) is 0 Å². The average molecular weight is 529 g/mol. The van der Waals surface area contributed by atoms with Crippen molar-refractivity contribution in [3.63, 3.8) is 0 Å². The van der Waals surface area contributed by atoms with Crippen LogP contribution < -0.4 is 0 Å². The average Bonchev–Trinajstić information content (AvgIpc) is 2.98. The number of halogens is 1. The van der Waals surface area contributed by atoms with Crippen molar-refractivity contribution in [2.45, 2.75) is 135 Å². The van der Waals surface area contributed by atoms with Gasteiger partial charge < -0.3 is 0 Å². The van der Waals surface area contributed by atoms with Crippen molar-refractivity contribution >= 4 is 5.57 Å². The van der Waals surface area contributed by atoms with Crippen LogP contribution in [0, 0.1) is 23.6 Å². The van der Waals surface area contributed by atoms with Crippen LogP contribution in [-0.4, -0.2) is 0 Å². The first kappa shape index (κ1) is 28.6. The van der Waals surface area contributed by atoms with Gasteiger partial charge in [0.05, 0.1) is 0 Å². The Hall–Kier alpha value is -1.89. The van der Waals surface area contributed by atoms with E-state index in [1.807, 2.05) is 6.07 Å². The van der Waals surface area contributed by atoms with Gasteiger partial charge in [0.1, 0.15) is 5.82 Å². The minimum Gasteiger partial charge on any atom is -0.206 e. The first-order valence-electron chi connectivity index (χ1n) is 16.7. The van der Waals surface area contributed by atoms with Crippen molar-refractivity contribution in [2.75, 3.05) is 0 Å². The molecule has 2 aromatic carbocycles. The Bertz CT molecular complexity index is 1050. The van der Waals surface area contributed by atoms with Crippen molar-refractivity contribution < 1.29 is 4.39 Å². The van der Waals surface area contributed by atoms with E-state index >= 15 is 4.39 Å². The van der Waals surface area contributed by atoms with Crippen molar-refractivity contribution in [3.8, 4) is 0 Å². The molecule has 39 heavy (non-hydrogen) atoms. The highest BCUT2D eigenvalue weighted by Crippen LogP contribution is 2.45. The molecule has 1 unspecified atom stereocenters. The molecule has 0 nitrogen and oxygen atoms in total. The van der Waals surface area contributed by atoms with Gasteiger partial charge >= 0.3 is 0 Å². The minimum absolute atomic E-state index is 0.00429. The van der Waals surface area contributed by atoms with Crippen LogP contribution >= 0.6 is 0 Å². The summed E-state index contributed by atoms with van der Waals surface area (Å²) in [7, 11) is 0. The summed E-state index contributed by atoms with van der Waals surface area (Å²) in [6, 6.07) is 15.5. The van der Waals surface area contributed by atoms with Gasteiger partial charge in [-0.25, -0.2) is 4.39 Å². The molecule has 2 saturated carbocycles. The molecule has 5 rings (SSSR count). The second-order valence-corrected chi connectivity index (χ2v) is 13.3. The van der Waals surface area contributed by atoms with Crippen LogP contribution in [0.15, 0.2) is 48.5 Å². The second-order valence-electron chi connectivity index (χ2n) is 13.3. The van der Waals surface area contributed by atoms with Crippen molar-refractivity contribution in [1.29, 1.82) is 0 Å². The van der Waals surface area contributed by atoms with Gasteiger partial charge in [-0.05, 0) is 122 Å². The third-order valence-electron chi connectivity index (χ3n) is 10.8. The lowest BCUT2D eigenvalue weighted by molar-refractivity contribution is 0.155. The SMILES string of the molecule is CCCCCC1CCC(C2CCC(c3ccc(C4=CCC(c5ccc(CCC)cc5)CC4)c(F)c3)CC2)CC1. The van der Waals surface area contributed by atoms with Crippen molar-refractivity contribution in [2.24, 2.45) is 17.8 Å². The lowest BCUT2D eigenvalue weighted by Gasteiger charge is -2.38. The van der Waals surface area contributed by atoms with Gasteiger partial charge in [0.25, 0.3) is 0 Å². The monoisotopic (exact) mass is 528 g/mol. The van der Waals surface area contributed by atoms with E-state index in [1.165, 1.54) is 106 Å². The highest BCUT2D eigenvalue weighted by molar-refractivity contribution is 5.67. The molecule has 0 saturated heterocycles. The van der Waals surface area contributed by atoms with Crippen molar-refractivity contribution in [3.05, 3.63) is 76.6 Å². The van der Waals surface area contributed by atoms with Crippen LogP contribution in [0.5, 0.6) is 0 Å². The first-order valence-corrected chi connectivity index (χ1v) is 16.7. The highest BCUT2D eigenvalue weighted by Gasteiger charge is 2.31. The molecule has 3 aliphatic rings. The van der Waals surface area contributed by atoms with Crippen LogP contribution in [-0.2, 0) is 6.42 Å². The Kier molecular flexibility index (Phi) is 10.4. The number of aryl methyl sites for hydroxylation is 1. The molecule has 0 aromatic heterocycles. The Morgan fingerprint density at radius 3 is 2.00 bits per heavy atom. The molecule has 212 valence electrons. The smallest absolute Gasteiger partial charge is 0.130 e. The zero-order chi connectivity index (χ0) is 27.0. The molecule has 0 aliphatic heterocycles. The maximum absolute atomic E-state index is 15.4. The van der Waals surface area contributed by atoms with Gasteiger partial charge in [0.2, 0.25) is 0 Å². The Morgan fingerprint density at radius 1 is 0.692 bits per heavy atom. The van der Waals surface area contributed by atoms with E-state index < -0.39 is 0 Å². The molecule has 0 bridgehead atoms. The molecule has 1 atom stereocenters. The van der Waals surface area contributed by atoms with Crippen LogP contribution in [0.25, 0.3) is 5.57 Å². The number of hydrogen-bond acceptors (Lipinski definition) is 0. The third kappa shape index (κ3) is 7.45. The number of hydrogen-bond donors (Lipinski definition) is 0. The summed E-state index contributed by atoms with van der Waals surface area (Å²) in [5.74, 6) is 4.01. The summed E-state index contributed by atoms with van der Waals surface area (Å²) >= 11 is 0. The molecule has 0 amide bonds. The van der Waals surface area contributed by atoms with Crippen LogP contribution in [0.4, 0.5) is 4.39 Å². The predicted octanol–water partition coefficient (Wildman–Crippen LogP) is 11.8. The maximum Gasteiger partial charge on any atom is 0.130 e. The van der Waals surface area contributed by atoms with Gasteiger partial charge in [0.15, 0.2) is 0 Å². The Labute approximate surface area is 238 Å². The van der Waals surface area contributed by atoms with E-state index in [-0.39, 0.29) is 5.82 Å². The summed E-state index contributed by atoms with van der Waals surface area (Å²) in [5, 5.41) is 0. The second kappa shape index (κ2) is 14.1. The summed E-state index contributed by atoms with van der Waals surface area (Å²) in [5.41, 5.74) is 6.18. The lowest BCUT2D eigenvalue weighted by atomic mass is 9.68. The standard InChI is InChI=1S/C38H53F/c1-3-5-6-8-29-11-15-31(16-12-29)32-17-19-34(20-18-32)36-25-26-37(38(39)27-36)35-23-21-33(22-24-35)30-13-9-28(7-4-2)10-14-30/h9-10,13-14,23,25-27,29,31-34H,3-8,11-12,15-22,24H2,1-2H3. The molecular formula is C38H53F. The fourth-order valence-electron chi connectivity index (χ4n) is 8.23. The van der Waals surface area contributed by atoms with Gasteiger partial charge in [-0.1, -0.05) is 101 Å². The number of allylic oxidation sites excluding steroid dienone is 2. The number of unbranched alkanes of at least 4 members (excludes halogenated alkanes) is 2. The molecular weight excluding hydrogens is 475 g/mol. The Morgan fingerprint density at radius 2 is 1.38 bits per heavy atom. The molecule has 1 heteroatoms. The van der Waals surface area contributed by atoms with Crippen LogP contribution in [0.3, 0.4) is 0 Å². The quantitative estimate of drug-likeness (QED) is 0.269. The number of benzene rings is 2. The molecule has 0 N–H and O–H groups in total. The van der Waals surface area contributed by atoms with E-state index in [9.17, 15) is 0 Å². The zero-order valence-electron chi connectivity index (χ0n) is 24.9. The number of rotatable bonds is 10. The van der Waals surface area contributed by atoms with E-state index in [0.717, 1.165) is 49.0 Å². The van der Waals surface area contributed by atoms with E-state index in [0.29, 0.717) is 11.8 Å². The minimum atomic E-state index is 0.00429. The maximum atomic E-state index is 15.4. The molecule has 0 spiro atoms. The molecule has 0 heterocycles. The molecule has 3 aliphatic carbocycles. The molecule has 2 aromatic rings. The van der Waals surface area contributed by atoms with Crippen molar-refractivity contribution in [1.82, 2.24) is 0 Å². The fourth-order valence-corrected chi connectivity index (χ4v) is 8.23. The van der Waals surface area contributed by atoms with Crippen LogP contribution in [0.2, 0.25) is 0 Å². The molecule has 2 fully saturated rings. The molecule has 0 radical (unpaired) electrons. The van der Waals surface area contributed by atoms with Gasteiger partial charge in [-0.2, -0.15) is 0 Å². The van der Waals surface area contributed by atoms with E-state index in [2.05, 4.69) is 56.3 Å². The van der Waals surface area contributed by atoms with Crippen LogP contribution in [0.1, 0.15) is 151 Å². The summed E-state index contributed by atoms with van der Waals surface area (Å²) < 4.78 is 15.4. The first-order chi connectivity index (χ1) is 19.1. The third-order valence-corrected chi connectivity index (χ3v) is 10.8. The topological polar surface area (TPSA) is 0 Å². The summed E-state index contributed by atoms with van der Waals surface area (Å²) in [6.07, 6.45) is 24.5. The largest absolute Gasteiger partial charge is 0.206 e. The normalized spacial score (nSPS) is 27.8. The van der Waals surface area contributed by atoms with Gasteiger partial charge in [0, 0.05) is 5.56 Å². The fraction of sp³-hybridized carbons (Fsp3) is 0.632. The highest BCUT2D eigenvalue weighted by atomic mass is 19.1. The summed E-state index contributed by atoms with van der Waals surface area (Å²) in [6.45, 7) is 4.55. The van der Waals surface area contributed by atoms with Gasteiger partial charge in [-0.15, -0.1) is 0 Å². The van der Waals surface area contributed by atoms with Gasteiger partial charge in [-0.3, -0.25) is 0 Å². The summed E-state index contributed by atoms with van der Waals surface area (Å²) in [4.78, 5) is 0. The van der Waals surface area contributed by atoms with E-state index in [1.54, 1.807) is 0 Å².